The Morgan fingerprint density at radius 2 is 2.26 bits per heavy atom. The fourth-order valence-corrected chi connectivity index (χ4v) is 5.36. The summed E-state index contributed by atoms with van der Waals surface area (Å²) in [5.41, 5.74) is 3.17. The molecule has 1 aromatic carbocycles. The third-order valence-corrected chi connectivity index (χ3v) is 7.10. The zero-order valence-electron chi connectivity index (χ0n) is 19.6. The van der Waals surface area contributed by atoms with Gasteiger partial charge in [0.25, 0.3) is 0 Å². The van der Waals surface area contributed by atoms with Crippen molar-refractivity contribution in [3.63, 3.8) is 0 Å². The summed E-state index contributed by atoms with van der Waals surface area (Å²) in [6, 6.07) is 9.58. The number of benzene rings is 1. The van der Waals surface area contributed by atoms with Gasteiger partial charge in [-0.15, -0.1) is 11.3 Å². The highest BCUT2D eigenvalue weighted by Crippen LogP contribution is 2.38. The van der Waals surface area contributed by atoms with Crippen LogP contribution in [0.3, 0.4) is 0 Å². The van der Waals surface area contributed by atoms with Crippen molar-refractivity contribution in [3.05, 3.63) is 64.1 Å². The first-order valence-electron chi connectivity index (χ1n) is 11.4. The van der Waals surface area contributed by atoms with E-state index in [0.717, 1.165) is 27.4 Å². The van der Waals surface area contributed by atoms with Gasteiger partial charge in [0.15, 0.2) is 0 Å². The van der Waals surface area contributed by atoms with Crippen LogP contribution in [-0.2, 0) is 28.8 Å². The molecule has 0 aliphatic heterocycles. The Bertz CT molecular complexity index is 1230. The number of imidazole rings is 1. The van der Waals surface area contributed by atoms with Gasteiger partial charge in [0, 0.05) is 23.9 Å². The van der Waals surface area contributed by atoms with Gasteiger partial charge in [-0.1, -0.05) is 12.1 Å². The van der Waals surface area contributed by atoms with E-state index in [1.54, 1.807) is 19.6 Å². The molecule has 3 N–H and O–H groups in total. The highest BCUT2D eigenvalue weighted by atomic mass is 32.1. The Morgan fingerprint density at radius 3 is 3.00 bits per heavy atom. The molecule has 1 aliphatic rings. The number of nitriles is 1. The molecule has 182 valence electrons. The number of hydrogen-bond donors (Lipinski definition) is 3. The Labute approximate surface area is 207 Å². The van der Waals surface area contributed by atoms with Crippen LogP contribution in [0.25, 0.3) is 0 Å². The van der Waals surface area contributed by atoms with Crippen molar-refractivity contribution >= 4 is 28.3 Å². The third-order valence-electron chi connectivity index (χ3n) is 5.93. The summed E-state index contributed by atoms with van der Waals surface area (Å²) in [4.78, 5) is 32.9. The Balaban J connectivity index is 1.34. The summed E-state index contributed by atoms with van der Waals surface area (Å²) < 4.78 is 10.9. The number of thiophene rings is 1. The molecule has 2 amide bonds. The Kier molecular flexibility index (Phi) is 7.67. The van der Waals surface area contributed by atoms with E-state index in [1.807, 2.05) is 31.2 Å². The summed E-state index contributed by atoms with van der Waals surface area (Å²) in [5, 5.41) is 16.0. The van der Waals surface area contributed by atoms with Crippen LogP contribution in [-0.4, -0.2) is 35.2 Å². The van der Waals surface area contributed by atoms with Gasteiger partial charge in [-0.25, -0.2) is 9.78 Å². The van der Waals surface area contributed by atoms with Gasteiger partial charge in [-0.05, 0) is 49.4 Å². The predicted octanol–water partition coefficient (Wildman–Crippen LogP) is 4.27. The van der Waals surface area contributed by atoms with Crippen LogP contribution in [0.4, 0.5) is 9.80 Å². The zero-order valence-corrected chi connectivity index (χ0v) is 20.4. The van der Waals surface area contributed by atoms with Crippen LogP contribution in [0.2, 0.25) is 0 Å². The zero-order chi connectivity index (χ0) is 24.8. The first kappa shape index (κ1) is 24.3. The van der Waals surface area contributed by atoms with Crippen LogP contribution in [0.15, 0.2) is 36.8 Å². The minimum atomic E-state index is -0.503. The highest BCUT2D eigenvalue weighted by Gasteiger charge is 2.29. The average molecular weight is 494 g/mol. The molecule has 0 saturated carbocycles. The maximum Gasteiger partial charge on any atom is 0.407 e. The van der Waals surface area contributed by atoms with Crippen LogP contribution in [0, 0.1) is 11.3 Å². The first-order chi connectivity index (χ1) is 17.0. The van der Waals surface area contributed by atoms with Crippen molar-refractivity contribution in [1.82, 2.24) is 15.3 Å². The number of ether oxygens (including phenoxy) is 2. The molecule has 2 atom stereocenters. The van der Waals surface area contributed by atoms with Gasteiger partial charge in [0.2, 0.25) is 5.91 Å². The number of anilines is 1. The van der Waals surface area contributed by atoms with E-state index >= 15 is 0 Å². The normalized spacial score (nSPS) is 15.4. The molecule has 4 rings (SSSR count). The molecule has 2 unspecified atom stereocenters. The van der Waals surface area contributed by atoms with Crippen LogP contribution in [0.1, 0.15) is 53.1 Å². The molecule has 1 aliphatic carbocycles. The molecule has 2 heterocycles. The quantitative estimate of drug-likeness (QED) is 0.430. The van der Waals surface area contributed by atoms with E-state index in [4.69, 9.17) is 9.47 Å². The summed E-state index contributed by atoms with van der Waals surface area (Å²) in [6.07, 6.45) is 5.08. The predicted molar refractivity (Wildman–Crippen MR) is 131 cm³/mol. The fraction of sp³-hybridized carbons (Fsp3) is 0.360. The molecule has 10 heteroatoms. The number of aromatic amines is 1. The number of aromatic nitrogens is 2. The monoisotopic (exact) mass is 493 g/mol. The molecular formula is C25H27N5O4S. The number of alkyl carbamates (subject to hydrolysis) is 1. The van der Waals surface area contributed by atoms with E-state index < -0.39 is 6.09 Å². The van der Waals surface area contributed by atoms with Crippen molar-refractivity contribution in [2.75, 3.05) is 12.4 Å². The number of rotatable bonds is 8. The number of amides is 2. The molecular weight excluding hydrogens is 466 g/mol. The smallest absolute Gasteiger partial charge is 0.407 e. The molecule has 3 aromatic rings. The van der Waals surface area contributed by atoms with Crippen LogP contribution >= 0.6 is 11.3 Å². The minimum Gasteiger partial charge on any atom is -0.497 e. The number of carbonyl (C=O) groups is 2. The lowest BCUT2D eigenvalue weighted by Gasteiger charge is -2.23. The van der Waals surface area contributed by atoms with Gasteiger partial charge in [0.1, 0.15) is 22.9 Å². The molecule has 2 aromatic heterocycles. The number of carbonyl (C=O) groups excluding carboxylic acids is 2. The van der Waals surface area contributed by atoms with Crippen molar-refractivity contribution in [1.29, 1.82) is 5.26 Å². The van der Waals surface area contributed by atoms with E-state index in [-0.39, 0.29) is 18.1 Å². The Hall–Kier alpha value is -3.84. The number of fused-ring (bicyclic) bond motifs is 1. The van der Waals surface area contributed by atoms with E-state index in [0.29, 0.717) is 42.7 Å². The van der Waals surface area contributed by atoms with Crippen LogP contribution < -0.4 is 15.4 Å². The number of methoxy groups -OCH3 is 1. The van der Waals surface area contributed by atoms with Gasteiger partial charge >= 0.3 is 6.09 Å². The number of aryl methyl sites for hydroxylation is 1. The number of H-pyrrole nitrogens is 1. The molecule has 0 radical (unpaired) electrons. The lowest BCUT2D eigenvalue weighted by Crippen LogP contribution is -2.33. The maximum atomic E-state index is 12.6. The van der Waals surface area contributed by atoms with Crippen LogP contribution in [0.5, 0.6) is 5.75 Å². The molecule has 35 heavy (non-hydrogen) atoms. The maximum absolute atomic E-state index is 12.6. The second-order valence-electron chi connectivity index (χ2n) is 8.35. The number of hydrogen-bond acceptors (Lipinski definition) is 7. The van der Waals surface area contributed by atoms with Crippen molar-refractivity contribution in [2.24, 2.45) is 0 Å². The Morgan fingerprint density at radius 1 is 1.40 bits per heavy atom. The second-order valence-corrected chi connectivity index (χ2v) is 9.45. The van der Waals surface area contributed by atoms with E-state index in [1.165, 1.54) is 11.3 Å². The molecule has 0 fully saturated rings. The fourth-order valence-electron chi connectivity index (χ4n) is 4.08. The second kappa shape index (κ2) is 11.1. The number of nitrogens with one attached hydrogen (secondary N) is 3. The van der Waals surface area contributed by atoms with E-state index in [9.17, 15) is 14.9 Å². The SMILES string of the molecule is COc1cccc(CCC(=O)Nc2sc3c(c2C#N)CCC(OC(=O)NC(C)c2c[nH]cn2)C3)c1. The molecule has 0 saturated heterocycles. The molecule has 0 spiro atoms. The summed E-state index contributed by atoms with van der Waals surface area (Å²) >= 11 is 1.39. The number of nitrogens with zero attached hydrogens (tertiary/aromatic N) is 2. The molecule has 0 bridgehead atoms. The lowest BCUT2D eigenvalue weighted by atomic mass is 9.94. The average Bonchev–Trinajstić information content (AvgIpc) is 3.50. The first-order valence-corrected chi connectivity index (χ1v) is 12.2. The van der Waals surface area contributed by atoms with E-state index in [2.05, 4.69) is 26.7 Å². The largest absolute Gasteiger partial charge is 0.497 e. The van der Waals surface area contributed by atoms with Crippen molar-refractivity contribution < 1.29 is 19.1 Å². The highest BCUT2D eigenvalue weighted by molar-refractivity contribution is 7.16. The third kappa shape index (κ3) is 6.00. The summed E-state index contributed by atoms with van der Waals surface area (Å²) in [6.45, 7) is 1.83. The minimum absolute atomic E-state index is 0.151. The summed E-state index contributed by atoms with van der Waals surface area (Å²) in [7, 11) is 1.61. The van der Waals surface area contributed by atoms with Gasteiger partial charge < -0.3 is 25.1 Å². The van der Waals surface area contributed by atoms with Gasteiger partial charge in [0.05, 0.1) is 30.7 Å². The molecule has 9 nitrogen and oxygen atoms in total. The van der Waals surface area contributed by atoms with Crippen molar-refractivity contribution in [3.8, 4) is 11.8 Å². The topological polar surface area (TPSA) is 129 Å². The standard InChI is InChI=1S/C25H27N5O4S/c1-15(21-13-27-14-28-21)29-25(32)34-18-7-8-19-20(12-26)24(35-22(19)11-18)30-23(31)9-6-16-4-3-5-17(10-16)33-2/h3-5,10,13-15,18H,6-9,11H2,1-2H3,(H,27,28)(H,29,32)(H,30,31). The van der Waals surface area contributed by atoms with Gasteiger partial charge in [-0.3, -0.25) is 4.79 Å². The lowest BCUT2D eigenvalue weighted by molar-refractivity contribution is -0.116. The summed E-state index contributed by atoms with van der Waals surface area (Å²) in [5.74, 6) is 0.601. The van der Waals surface area contributed by atoms with Crippen molar-refractivity contribution in [2.45, 2.75) is 51.2 Å². The van der Waals surface area contributed by atoms with Gasteiger partial charge in [-0.2, -0.15) is 5.26 Å².